The third kappa shape index (κ3) is 4.62. The number of amides is 2. The van der Waals surface area contributed by atoms with Gasteiger partial charge in [0.05, 0.1) is 11.9 Å². The minimum Gasteiger partial charge on any atom is -0.344 e. The van der Waals surface area contributed by atoms with E-state index < -0.39 is 6.04 Å². The molecule has 0 saturated carbocycles. The Morgan fingerprint density at radius 3 is 2.92 bits per heavy atom. The molecule has 0 bridgehead atoms. The fourth-order valence-corrected chi connectivity index (χ4v) is 3.02. The topological polar surface area (TPSA) is 75.2 Å². The van der Waals surface area contributed by atoms with Crippen LogP contribution >= 0.6 is 0 Å². The Bertz CT molecular complexity index is 706. The van der Waals surface area contributed by atoms with Gasteiger partial charge in [-0.1, -0.05) is 6.07 Å². The summed E-state index contributed by atoms with van der Waals surface area (Å²) in [4.78, 5) is 34.8. The van der Waals surface area contributed by atoms with E-state index in [-0.39, 0.29) is 11.8 Å². The molecule has 0 spiro atoms. The first kappa shape index (κ1) is 17.1. The van der Waals surface area contributed by atoms with Crippen molar-refractivity contribution < 1.29 is 9.59 Å². The molecular weight excluding hydrogens is 316 g/mol. The molecule has 6 heteroatoms. The highest BCUT2D eigenvalue weighted by Crippen LogP contribution is 2.20. The van der Waals surface area contributed by atoms with Crippen LogP contribution in [0.3, 0.4) is 0 Å². The maximum atomic E-state index is 12.6. The standard InChI is InChI=1S/C19H22N4O2/c24-18(10-3-7-15-6-1-2-12-21-15)22-17-9-5-13-23(19(17)25)16-8-4-11-20-14-16/h1-2,4,6,8,11-12,14,17H,3,5,7,9-10,13H2,(H,22,24). The molecule has 3 rings (SSSR count). The first-order valence-electron chi connectivity index (χ1n) is 8.65. The third-order valence-electron chi connectivity index (χ3n) is 4.29. The van der Waals surface area contributed by atoms with Crippen LogP contribution in [0.15, 0.2) is 48.9 Å². The fraction of sp³-hybridized carbons (Fsp3) is 0.368. The number of nitrogens with one attached hydrogen (secondary N) is 1. The molecule has 0 aromatic carbocycles. The second-order valence-corrected chi connectivity index (χ2v) is 6.14. The van der Waals surface area contributed by atoms with Gasteiger partial charge in [-0.2, -0.15) is 0 Å². The zero-order valence-corrected chi connectivity index (χ0v) is 14.1. The van der Waals surface area contributed by atoms with Gasteiger partial charge in [0.25, 0.3) is 0 Å². The number of pyridine rings is 2. The first-order chi connectivity index (χ1) is 12.2. The molecule has 1 unspecified atom stereocenters. The lowest BCUT2D eigenvalue weighted by Gasteiger charge is -2.32. The normalized spacial score (nSPS) is 17.4. The predicted molar refractivity (Wildman–Crippen MR) is 94.9 cm³/mol. The lowest BCUT2D eigenvalue weighted by Crippen LogP contribution is -2.52. The number of carbonyl (C=O) groups excluding carboxylic acids is 2. The van der Waals surface area contributed by atoms with Gasteiger partial charge in [0, 0.05) is 31.1 Å². The first-order valence-corrected chi connectivity index (χ1v) is 8.65. The summed E-state index contributed by atoms with van der Waals surface area (Å²) in [5.74, 6) is -0.139. The van der Waals surface area contributed by atoms with Crippen molar-refractivity contribution in [3.8, 4) is 0 Å². The van der Waals surface area contributed by atoms with Gasteiger partial charge in [-0.3, -0.25) is 19.6 Å². The lowest BCUT2D eigenvalue weighted by molar-refractivity contribution is -0.128. The second-order valence-electron chi connectivity index (χ2n) is 6.14. The molecule has 6 nitrogen and oxygen atoms in total. The molecule has 1 atom stereocenters. The predicted octanol–water partition coefficient (Wildman–Crippen LogP) is 2.11. The Kier molecular flexibility index (Phi) is 5.72. The number of aromatic nitrogens is 2. The van der Waals surface area contributed by atoms with E-state index in [1.807, 2.05) is 30.3 Å². The fourth-order valence-electron chi connectivity index (χ4n) is 3.02. The minimum atomic E-state index is -0.448. The molecule has 130 valence electrons. The van der Waals surface area contributed by atoms with Crippen LogP contribution in [0.1, 0.15) is 31.4 Å². The Hall–Kier alpha value is -2.76. The van der Waals surface area contributed by atoms with E-state index in [1.54, 1.807) is 23.5 Å². The number of rotatable bonds is 6. The minimum absolute atomic E-state index is 0.0580. The molecule has 1 aliphatic rings. The second kappa shape index (κ2) is 8.37. The van der Waals surface area contributed by atoms with Crippen LogP contribution in [0.5, 0.6) is 0 Å². The van der Waals surface area contributed by atoms with Gasteiger partial charge in [-0.25, -0.2) is 0 Å². The van der Waals surface area contributed by atoms with Gasteiger partial charge in [-0.15, -0.1) is 0 Å². The van der Waals surface area contributed by atoms with Gasteiger partial charge in [-0.05, 0) is 49.9 Å². The molecular formula is C19H22N4O2. The summed E-state index contributed by atoms with van der Waals surface area (Å²) in [6.07, 6.45) is 8.52. The Morgan fingerprint density at radius 1 is 1.24 bits per heavy atom. The maximum Gasteiger partial charge on any atom is 0.249 e. The van der Waals surface area contributed by atoms with E-state index in [0.717, 1.165) is 30.6 Å². The van der Waals surface area contributed by atoms with Gasteiger partial charge in [0.1, 0.15) is 6.04 Å². The average molecular weight is 338 g/mol. The monoisotopic (exact) mass is 338 g/mol. The summed E-state index contributed by atoms with van der Waals surface area (Å²) < 4.78 is 0. The number of piperidine rings is 1. The molecule has 2 aromatic rings. The number of aryl methyl sites for hydroxylation is 1. The number of nitrogens with zero attached hydrogens (tertiary/aromatic N) is 3. The van der Waals surface area contributed by atoms with E-state index in [9.17, 15) is 9.59 Å². The molecule has 3 heterocycles. The Balaban J connectivity index is 1.50. The van der Waals surface area contributed by atoms with Crippen LogP contribution in [-0.2, 0) is 16.0 Å². The summed E-state index contributed by atoms with van der Waals surface area (Å²) in [7, 11) is 0. The molecule has 2 aromatic heterocycles. The van der Waals surface area contributed by atoms with Crippen molar-refractivity contribution in [2.75, 3.05) is 11.4 Å². The molecule has 0 radical (unpaired) electrons. The van der Waals surface area contributed by atoms with Crippen LogP contribution in [0.2, 0.25) is 0 Å². The largest absolute Gasteiger partial charge is 0.344 e. The summed E-state index contributed by atoms with van der Waals surface area (Å²) in [6, 6.07) is 8.99. The van der Waals surface area contributed by atoms with Crippen LogP contribution in [0.25, 0.3) is 0 Å². The molecule has 1 saturated heterocycles. The van der Waals surface area contributed by atoms with Crippen molar-refractivity contribution in [1.29, 1.82) is 0 Å². The van der Waals surface area contributed by atoms with Crippen molar-refractivity contribution in [1.82, 2.24) is 15.3 Å². The van der Waals surface area contributed by atoms with Crippen molar-refractivity contribution in [3.05, 3.63) is 54.6 Å². The Labute approximate surface area is 147 Å². The van der Waals surface area contributed by atoms with Gasteiger partial charge >= 0.3 is 0 Å². The highest BCUT2D eigenvalue weighted by molar-refractivity contribution is 5.99. The van der Waals surface area contributed by atoms with E-state index in [0.29, 0.717) is 19.4 Å². The van der Waals surface area contributed by atoms with Crippen LogP contribution in [0, 0.1) is 0 Å². The molecule has 0 aliphatic carbocycles. The van der Waals surface area contributed by atoms with E-state index in [4.69, 9.17) is 0 Å². The van der Waals surface area contributed by atoms with Crippen molar-refractivity contribution >= 4 is 17.5 Å². The summed E-state index contributed by atoms with van der Waals surface area (Å²) in [6.45, 7) is 0.663. The molecule has 2 amide bonds. The van der Waals surface area contributed by atoms with Gasteiger partial charge < -0.3 is 10.2 Å². The van der Waals surface area contributed by atoms with Crippen LogP contribution < -0.4 is 10.2 Å². The molecule has 25 heavy (non-hydrogen) atoms. The quantitative estimate of drug-likeness (QED) is 0.875. The van der Waals surface area contributed by atoms with Crippen LogP contribution in [-0.4, -0.2) is 34.4 Å². The van der Waals surface area contributed by atoms with Gasteiger partial charge in [0.15, 0.2) is 0 Å². The molecule has 1 N–H and O–H groups in total. The number of hydrogen-bond donors (Lipinski definition) is 1. The van der Waals surface area contributed by atoms with Crippen molar-refractivity contribution in [2.45, 2.75) is 38.1 Å². The summed E-state index contributed by atoms with van der Waals surface area (Å²) in [5.41, 5.74) is 1.76. The van der Waals surface area contributed by atoms with Crippen molar-refractivity contribution in [3.63, 3.8) is 0 Å². The zero-order chi connectivity index (χ0) is 17.5. The average Bonchev–Trinajstić information content (AvgIpc) is 2.65. The van der Waals surface area contributed by atoms with E-state index in [2.05, 4.69) is 15.3 Å². The smallest absolute Gasteiger partial charge is 0.249 e. The number of carbonyl (C=O) groups is 2. The lowest BCUT2D eigenvalue weighted by atomic mass is 10.0. The van der Waals surface area contributed by atoms with Crippen molar-refractivity contribution in [2.24, 2.45) is 0 Å². The number of anilines is 1. The van der Waals surface area contributed by atoms with E-state index in [1.165, 1.54) is 0 Å². The summed E-state index contributed by atoms with van der Waals surface area (Å²) >= 11 is 0. The summed E-state index contributed by atoms with van der Waals surface area (Å²) in [5, 5.41) is 2.88. The number of hydrogen-bond acceptors (Lipinski definition) is 4. The molecule has 1 fully saturated rings. The van der Waals surface area contributed by atoms with Crippen LogP contribution in [0.4, 0.5) is 5.69 Å². The van der Waals surface area contributed by atoms with E-state index >= 15 is 0 Å². The maximum absolute atomic E-state index is 12.6. The highest BCUT2D eigenvalue weighted by atomic mass is 16.2. The Morgan fingerprint density at radius 2 is 2.16 bits per heavy atom. The van der Waals surface area contributed by atoms with Gasteiger partial charge in [0.2, 0.25) is 11.8 Å². The highest BCUT2D eigenvalue weighted by Gasteiger charge is 2.30. The molecule has 1 aliphatic heterocycles. The zero-order valence-electron chi connectivity index (χ0n) is 14.1. The third-order valence-corrected chi connectivity index (χ3v) is 4.29. The SMILES string of the molecule is O=C(CCCc1ccccn1)NC1CCCN(c2cccnc2)C1=O.